The van der Waals surface area contributed by atoms with Crippen molar-refractivity contribution in [3.05, 3.63) is 107 Å². The molecule has 41 heavy (non-hydrogen) atoms. The molecule has 0 aliphatic heterocycles. The average molecular weight is 588 g/mol. The number of hydrogen-bond acceptors (Lipinski definition) is 5. The van der Waals surface area contributed by atoms with Gasteiger partial charge in [0.2, 0.25) is 0 Å². The van der Waals surface area contributed by atoms with E-state index in [0.29, 0.717) is 35.2 Å². The van der Waals surface area contributed by atoms with E-state index in [9.17, 15) is 4.79 Å². The van der Waals surface area contributed by atoms with Crippen LogP contribution in [-0.2, 0) is 0 Å². The Morgan fingerprint density at radius 3 is 2.56 bits per heavy atom. The van der Waals surface area contributed by atoms with Gasteiger partial charge in [-0.1, -0.05) is 53.5 Å². The molecule has 0 radical (unpaired) electrons. The second-order valence-electron chi connectivity index (χ2n) is 9.12. The summed E-state index contributed by atoms with van der Waals surface area (Å²) < 4.78 is 7.34. The molecule has 208 valence electrons. The molecule has 0 bridgehead atoms. The second-order valence-corrected chi connectivity index (χ2v) is 9.94. The largest absolute Gasteiger partial charge is 0.497 e. The van der Waals surface area contributed by atoms with Gasteiger partial charge < -0.3 is 20.7 Å². The van der Waals surface area contributed by atoms with Crippen LogP contribution in [0.15, 0.2) is 97.3 Å². The molecule has 0 aliphatic rings. The fraction of sp³-hybridized carbons (Fsp3) is 0.129. The Morgan fingerprint density at radius 1 is 0.902 bits per heavy atom. The van der Waals surface area contributed by atoms with Crippen molar-refractivity contribution < 1.29 is 9.53 Å². The van der Waals surface area contributed by atoms with Crippen LogP contribution < -0.4 is 20.7 Å². The van der Waals surface area contributed by atoms with Crippen LogP contribution in [0.2, 0.25) is 10.0 Å². The molecule has 0 aliphatic carbocycles. The molecular weight excluding hydrogens is 559 g/mol. The Hall–Kier alpha value is -4.53. The number of anilines is 2. The number of hydrogen-bond donors (Lipinski definition) is 3. The number of halogens is 2. The third-order valence-corrected chi connectivity index (χ3v) is 7.01. The van der Waals surface area contributed by atoms with Gasteiger partial charge in [0.1, 0.15) is 17.3 Å². The monoisotopic (exact) mass is 586 g/mol. The van der Waals surface area contributed by atoms with Crippen LogP contribution in [0.25, 0.3) is 28.1 Å². The molecule has 0 saturated carbocycles. The Morgan fingerprint density at radius 2 is 1.76 bits per heavy atom. The van der Waals surface area contributed by atoms with Gasteiger partial charge in [0.25, 0.3) is 0 Å². The predicted molar refractivity (Wildman–Crippen MR) is 165 cm³/mol. The molecule has 0 saturated heterocycles. The van der Waals surface area contributed by atoms with Gasteiger partial charge >= 0.3 is 6.03 Å². The summed E-state index contributed by atoms with van der Waals surface area (Å²) in [4.78, 5) is 16.7. The summed E-state index contributed by atoms with van der Waals surface area (Å²) in [5, 5.41) is 14.7. The highest BCUT2D eigenvalue weighted by atomic mass is 35.5. The molecule has 2 amide bonds. The van der Waals surface area contributed by atoms with Gasteiger partial charge in [-0.15, -0.1) is 0 Å². The van der Waals surface area contributed by atoms with Crippen molar-refractivity contribution in [3.63, 3.8) is 0 Å². The molecule has 0 spiro atoms. The number of rotatable bonds is 10. The lowest BCUT2D eigenvalue weighted by molar-refractivity contribution is 0.252. The number of aromatic nitrogens is 3. The molecule has 10 heteroatoms. The molecule has 0 atom stereocenters. The number of carbonyl (C=O) groups excluding carboxylic acids is 1. The summed E-state index contributed by atoms with van der Waals surface area (Å²) in [6.45, 7) is 1.10. The quantitative estimate of drug-likeness (QED) is 0.147. The minimum atomic E-state index is -0.316. The van der Waals surface area contributed by atoms with E-state index in [-0.39, 0.29) is 6.03 Å². The third-order valence-electron chi connectivity index (χ3n) is 6.27. The van der Waals surface area contributed by atoms with Gasteiger partial charge in [-0.2, -0.15) is 5.10 Å². The highest BCUT2D eigenvalue weighted by molar-refractivity contribution is 6.42. The zero-order chi connectivity index (χ0) is 28.6. The lowest BCUT2D eigenvalue weighted by Crippen LogP contribution is -2.30. The van der Waals surface area contributed by atoms with E-state index in [2.05, 4.69) is 20.9 Å². The average Bonchev–Trinajstić information content (AvgIpc) is 3.45. The van der Waals surface area contributed by atoms with E-state index in [4.69, 9.17) is 33.0 Å². The molecule has 0 unspecified atom stereocenters. The van der Waals surface area contributed by atoms with Crippen molar-refractivity contribution in [2.75, 3.05) is 30.8 Å². The van der Waals surface area contributed by atoms with Crippen LogP contribution >= 0.6 is 23.2 Å². The first-order valence-corrected chi connectivity index (χ1v) is 13.8. The van der Waals surface area contributed by atoms with E-state index in [1.54, 1.807) is 31.5 Å². The van der Waals surface area contributed by atoms with Crippen molar-refractivity contribution in [1.82, 2.24) is 20.1 Å². The highest BCUT2D eigenvalue weighted by Crippen LogP contribution is 2.34. The van der Waals surface area contributed by atoms with E-state index in [0.717, 1.165) is 39.6 Å². The number of nitrogens with zero attached hydrogens (tertiary/aromatic N) is 3. The van der Waals surface area contributed by atoms with Crippen molar-refractivity contribution in [2.24, 2.45) is 0 Å². The SMILES string of the molecule is COc1cccc(-c2nn(-c3ccccc3)cc2-c2ccnc(NCCCNC(=O)Nc3ccc(Cl)c(Cl)c3)c2)c1. The minimum absolute atomic E-state index is 0.316. The van der Waals surface area contributed by atoms with Crippen LogP contribution in [0.5, 0.6) is 5.75 Å². The van der Waals surface area contributed by atoms with E-state index < -0.39 is 0 Å². The third kappa shape index (κ3) is 7.16. The minimum Gasteiger partial charge on any atom is -0.497 e. The standard InChI is InChI=1S/C31H28Cl2N6O2/c1-41-25-10-5-7-22(17-25)30-26(20-39(38-30)24-8-3-2-4-9-24)21-13-16-35-29(18-21)34-14-6-15-36-31(40)37-23-11-12-27(32)28(33)19-23/h2-5,7-13,16-20H,6,14-15H2,1H3,(H,34,35)(H2,36,37,40). The molecule has 3 N–H and O–H groups in total. The zero-order valence-electron chi connectivity index (χ0n) is 22.3. The summed E-state index contributed by atoms with van der Waals surface area (Å²) >= 11 is 11.9. The number of urea groups is 1. The molecule has 5 aromatic rings. The second kappa shape index (κ2) is 13.2. The summed E-state index contributed by atoms with van der Waals surface area (Å²) in [5.41, 5.74) is 5.26. The maximum atomic E-state index is 12.2. The summed E-state index contributed by atoms with van der Waals surface area (Å²) in [7, 11) is 1.65. The number of pyridine rings is 1. The van der Waals surface area contributed by atoms with Crippen molar-refractivity contribution in [3.8, 4) is 33.8 Å². The number of carbonyl (C=O) groups is 1. The highest BCUT2D eigenvalue weighted by Gasteiger charge is 2.15. The van der Waals surface area contributed by atoms with Gasteiger partial charge in [0.15, 0.2) is 0 Å². The Bertz CT molecular complexity index is 1640. The Kier molecular flexibility index (Phi) is 9.03. The van der Waals surface area contributed by atoms with Gasteiger partial charge in [-0.3, -0.25) is 0 Å². The number of benzene rings is 3. The molecule has 2 aromatic heterocycles. The van der Waals surface area contributed by atoms with Crippen LogP contribution in [0.4, 0.5) is 16.3 Å². The fourth-order valence-electron chi connectivity index (χ4n) is 4.23. The van der Waals surface area contributed by atoms with Gasteiger partial charge in [0, 0.05) is 42.3 Å². The first-order chi connectivity index (χ1) is 20.0. The van der Waals surface area contributed by atoms with E-state index in [1.165, 1.54) is 0 Å². The number of ether oxygens (including phenoxy) is 1. The lowest BCUT2D eigenvalue weighted by atomic mass is 10.0. The summed E-state index contributed by atoms with van der Waals surface area (Å²) in [5.74, 6) is 1.49. The maximum Gasteiger partial charge on any atom is 0.319 e. The number of para-hydroxylation sites is 1. The fourth-order valence-corrected chi connectivity index (χ4v) is 4.53. The summed E-state index contributed by atoms with van der Waals surface area (Å²) in [6, 6.07) is 26.5. The van der Waals surface area contributed by atoms with Crippen LogP contribution in [0.1, 0.15) is 6.42 Å². The zero-order valence-corrected chi connectivity index (χ0v) is 23.8. The van der Waals surface area contributed by atoms with Gasteiger partial charge in [0.05, 0.1) is 22.8 Å². The maximum absolute atomic E-state index is 12.2. The predicted octanol–water partition coefficient (Wildman–Crippen LogP) is 7.54. The smallest absolute Gasteiger partial charge is 0.319 e. The van der Waals surface area contributed by atoms with Crippen molar-refractivity contribution in [2.45, 2.75) is 6.42 Å². The Balaban J connectivity index is 1.25. The van der Waals surface area contributed by atoms with Crippen molar-refractivity contribution >= 4 is 40.7 Å². The topological polar surface area (TPSA) is 93.1 Å². The van der Waals surface area contributed by atoms with Gasteiger partial charge in [-0.05, 0) is 66.6 Å². The summed E-state index contributed by atoms with van der Waals surface area (Å²) in [6.07, 6.45) is 4.50. The number of amides is 2. The molecule has 2 heterocycles. The molecule has 8 nitrogen and oxygen atoms in total. The molecular formula is C31H28Cl2N6O2. The molecule has 0 fully saturated rings. The first kappa shape index (κ1) is 28.0. The van der Waals surface area contributed by atoms with Crippen LogP contribution in [0, 0.1) is 0 Å². The van der Waals surface area contributed by atoms with Crippen LogP contribution in [-0.4, -0.2) is 41.0 Å². The lowest BCUT2D eigenvalue weighted by Gasteiger charge is -2.10. The van der Waals surface area contributed by atoms with E-state index >= 15 is 0 Å². The van der Waals surface area contributed by atoms with E-state index in [1.807, 2.05) is 77.6 Å². The first-order valence-electron chi connectivity index (χ1n) is 13.0. The molecule has 5 rings (SSSR count). The number of methoxy groups -OCH3 is 1. The van der Waals surface area contributed by atoms with Gasteiger partial charge in [-0.25, -0.2) is 14.5 Å². The van der Waals surface area contributed by atoms with Crippen molar-refractivity contribution in [1.29, 1.82) is 0 Å². The Labute approximate surface area is 248 Å². The number of nitrogens with one attached hydrogen (secondary N) is 3. The van der Waals surface area contributed by atoms with Crippen LogP contribution in [0.3, 0.4) is 0 Å². The molecule has 3 aromatic carbocycles. The normalized spacial score (nSPS) is 10.7.